The summed E-state index contributed by atoms with van der Waals surface area (Å²) < 4.78 is 4.79. The van der Waals surface area contributed by atoms with E-state index < -0.39 is 5.97 Å². The molecule has 0 amide bonds. The fourth-order valence-electron chi connectivity index (χ4n) is 1.46. The van der Waals surface area contributed by atoms with Crippen LogP contribution in [0, 0.1) is 11.3 Å². The van der Waals surface area contributed by atoms with E-state index in [1.54, 1.807) is 6.92 Å². The van der Waals surface area contributed by atoms with Gasteiger partial charge in [-0.05, 0) is 24.6 Å². The van der Waals surface area contributed by atoms with Crippen LogP contribution in [0.4, 0.5) is 0 Å². The highest BCUT2D eigenvalue weighted by atomic mass is 16.5. The van der Waals surface area contributed by atoms with Gasteiger partial charge in [-0.15, -0.1) is 0 Å². The zero-order valence-electron chi connectivity index (χ0n) is 9.56. The quantitative estimate of drug-likeness (QED) is 0.752. The summed E-state index contributed by atoms with van der Waals surface area (Å²) in [5.41, 5.74) is 6.67. The molecule has 1 rings (SSSR count). The summed E-state index contributed by atoms with van der Waals surface area (Å²) in [5, 5.41) is 18.6. The normalized spacial score (nSPS) is 9.71. The first kappa shape index (κ1) is 13.0. The molecule has 0 saturated carbocycles. The molecule has 17 heavy (non-hydrogen) atoms. The molecule has 0 unspecified atom stereocenters. The predicted octanol–water partition coefficient (Wildman–Crippen LogP) is 0.828. The van der Waals surface area contributed by atoms with Crippen LogP contribution in [0.25, 0.3) is 0 Å². The van der Waals surface area contributed by atoms with E-state index in [9.17, 15) is 9.90 Å². The van der Waals surface area contributed by atoms with Crippen molar-refractivity contribution in [1.29, 1.82) is 5.26 Å². The minimum absolute atomic E-state index is 0.00852. The summed E-state index contributed by atoms with van der Waals surface area (Å²) in [6.07, 6.45) is -0.0326. The zero-order valence-corrected chi connectivity index (χ0v) is 9.56. The lowest BCUT2D eigenvalue weighted by atomic mass is 10.0. The molecule has 5 nitrogen and oxygen atoms in total. The van der Waals surface area contributed by atoms with Crippen molar-refractivity contribution in [1.82, 2.24) is 0 Å². The molecule has 0 heterocycles. The van der Waals surface area contributed by atoms with Gasteiger partial charge in [0.25, 0.3) is 0 Å². The molecule has 0 spiro atoms. The summed E-state index contributed by atoms with van der Waals surface area (Å²) >= 11 is 0. The third-order valence-electron chi connectivity index (χ3n) is 2.28. The van der Waals surface area contributed by atoms with Crippen LogP contribution in [0.5, 0.6) is 5.75 Å². The molecule has 0 saturated heterocycles. The summed E-state index contributed by atoms with van der Waals surface area (Å²) in [5.74, 6) is -0.435. The lowest BCUT2D eigenvalue weighted by Crippen LogP contribution is -2.09. The largest absolute Gasteiger partial charge is 0.508 e. The molecule has 1 aromatic rings. The highest BCUT2D eigenvalue weighted by Gasteiger charge is 2.12. The first-order valence-corrected chi connectivity index (χ1v) is 5.22. The molecule has 90 valence electrons. The third kappa shape index (κ3) is 3.20. The number of hydrogen-bond acceptors (Lipinski definition) is 5. The number of benzene rings is 1. The van der Waals surface area contributed by atoms with Gasteiger partial charge in [0.2, 0.25) is 0 Å². The fourth-order valence-corrected chi connectivity index (χ4v) is 1.46. The maximum atomic E-state index is 11.3. The van der Waals surface area contributed by atoms with Crippen molar-refractivity contribution in [3.05, 3.63) is 28.8 Å². The Morgan fingerprint density at radius 1 is 1.53 bits per heavy atom. The first-order valence-electron chi connectivity index (χ1n) is 5.22. The van der Waals surface area contributed by atoms with Crippen molar-refractivity contribution in [2.24, 2.45) is 5.73 Å². The van der Waals surface area contributed by atoms with Gasteiger partial charge >= 0.3 is 5.97 Å². The summed E-state index contributed by atoms with van der Waals surface area (Å²) in [4.78, 5) is 11.3. The van der Waals surface area contributed by atoms with Crippen LogP contribution >= 0.6 is 0 Å². The predicted molar refractivity (Wildman–Crippen MR) is 61.1 cm³/mol. The lowest BCUT2D eigenvalue weighted by molar-refractivity contribution is -0.142. The van der Waals surface area contributed by atoms with E-state index >= 15 is 0 Å². The zero-order chi connectivity index (χ0) is 12.8. The van der Waals surface area contributed by atoms with E-state index in [0.29, 0.717) is 16.7 Å². The van der Waals surface area contributed by atoms with E-state index in [1.165, 1.54) is 12.1 Å². The summed E-state index contributed by atoms with van der Waals surface area (Å²) in [6, 6.07) is 4.85. The van der Waals surface area contributed by atoms with Crippen LogP contribution in [-0.4, -0.2) is 17.7 Å². The van der Waals surface area contributed by atoms with Gasteiger partial charge in [-0.25, -0.2) is 0 Å². The SMILES string of the molecule is CCOC(=O)Cc1cc(O)c(CN)cc1C#N. The minimum Gasteiger partial charge on any atom is -0.508 e. The van der Waals surface area contributed by atoms with Crippen LogP contribution in [0.15, 0.2) is 12.1 Å². The Hall–Kier alpha value is -2.06. The molecule has 0 bridgehead atoms. The second-order valence-electron chi connectivity index (χ2n) is 3.44. The van der Waals surface area contributed by atoms with Gasteiger partial charge in [-0.1, -0.05) is 0 Å². The van der Waals surface area contributed by atoms with Gasteiger partial charge < -0.3 is 15.6 Å². The Morgan fingerprint density at radius 3 is 2.76 bits per heavy atom. The fraction of sp³-hybridized carbons (Fsp3) is 0.333. The van der Waals surface area contributed by atoms with Gasteiger partial charge in [0.05, 0.1) is 24.7 Å². The van der Waals surface area contributed by atoms with Crippen LogP contribution < -0.4 is 5.73 Å². The second kappa shape index (κ2) is 5.87. The molecule has 0 aliphatic rings. The number of aromatic hydroxyl groups is 1. The Balaban J connectivity index is 3.03. The first-order chi connectivity index (χ1) is 8.12. The Morgan fingerprint density at radius 2 is 2.24 bits per heavy atom. The third-order valence-corrected chi connectivity index (χ3v) is 2.28. The second-order valence-corrected chi connectivity index (χ2v) is 3.44. The van der Waals surface area contributed by atoms with Crippen molar-refractivity contribution in [2.75, 3.05) is 6.61 Å². The van der Waals surface area contributed by atoms with E-state index in [1.807, 2.05) is 6.07 Å². The number of phenolic OH excluding ortho intramolecular Hbond substituents is 1. The monoisotopic (exact) mass is 234 g/mol. The number of rotatable bonds is 4. The number of esters is 1. The molecule has 0 aromatic heterocycles. The summed E-state index contributed by atoms with van der Waals surface area (Å²) in [7, 11) is 0. The Kier molecular flexibility index (Phi) is 4.49. The van der Waals surface area contributed by atoms with Crippen LogP contribution in [0.3, 0.4) is 0 Å². The maximum absolute atomic E-state index is 11.3. The van der Waals surface area contributed by atoms with Crippen LogP contribution in [0.2, 0.25) is 0 Å². The number of nitrogens with zero attached hydrogens (tertiary/aromatic N) is 1. The molecule has 3 N–H and O–H groups in total. The van der Waals surface area contributed by atoms with Crippen molar-refractivity contribution >= 4 is 5.97 Å². The van der Waals surface area contributed by atoms with E-state index in [4.69, 9.17) is 15.7 Å². The number of nitriles is 1. The topological polar surface area (TPSA) is 96.3 Å². The number of carbonyl (C=O) groups is 1. The Labute approximate surface area is 99.4 Å². The molecule has 0 aliphatic heterocycles. The number of phenols is 1. The molecule has 0 atom stereocenters. The van der Waals surface area contributed by atoms with Gasteiger partial charge in [-0.2, -0.15) is 5.26 Å². The summed E-state index contributed by atoms with van der Waals surface area (Å²) in [6.45, 7) is 2.13. The minimum atomic E-state index is -0.427. The van der Waals surface area contributed by atoms with Crippen molar-refractivity contribution in [3.63, 3.8) is 0 Å². The molecule has 1 aromatic carbocycles. The van der Waals surface area contributed by atoms with Crippen LogP contribution in [0.1, 0.15) is 23.6 Å². The van der Waals surface area contributed by atoms with Gasteiger partial charge in [0.15, 0.2) is 0 Å². The molecule has 0 aliphatic carbocycles. The molecular weight excluding hydrogens is 220 g/mol. The van der Waals surface area contributed by atoms with Gasteiger partial charge in [0, 0.05) is 12.1 Å². The highest BCUT2D eigenvalue weighted by molar-refractivity contribution is 5.74. The van der Waals surface area contributed by atoms with Crippen molar-refractivity contribution < 1.29 is 14.6 Å². The number of hydrogen-bond donors (Lipinski definition) is 2. The van der Waals surface area contributed by atoms with E-state index in [0.717, 1.165) is 0 Å². The van der Waals surface area contributed by atoms with Crippen molar-refractivity contribution in [3.8, 4) is 11.8 Å². The van der Waals surface area contributed by atoms with Gasteiger partial charge in [-0.3, -0.25) is 4.79 Å². The Bertz CT molecular complexity index is 464. The molecular formula is C12H14N2O3. The number of ether oxygens (including phenoxy) is 1. The standard InChI is InChI=1S/C12H14N2O3/c1-2-17-12(16)5-8-4-11(15)10(7-14)3-9(8)6-13/h3-4,15H,2,5,7,14H2,1H3. The maximum Gasteiger partial charge on any atom is 0.310 e. The lowest BCUT2D eigenvalue weighted by Gasteiger charge is -2.08. The average molecular weight is 234 g/mol. The highest BCUT2D eigenvalue weighted by Crippen LogP contribution is 2.22. The molecule has 0 fully saturated rings. The average Bonchev–Trinajstić information content (AvgIpc) is 2.29. The van der Waals surface area contributed by atoms with E-state index in [-0.39, 0.29) is 25.3 Å². The number of nitrogens with two attached hydrogens (primary N) is 1. The van der Waals surface area contributed by atoms with E-state index in [2.05, 4.69) is 0 Å². The van der Waals surface area contributed by atoms with Gasteiger partial charge in [0.1, 0.15) is 5.75 Å². The smallest absolute Gasteiger partial charge is 0.310 e. The van der Waals surface area contributed by atoms with Crippen molar-refractivity contribution in [2.45, 2.75) is 19.9 Å². The number of carbonyl (C=O) groups excluding carboxylic acids is 1. The molecule has 0 radical (unpaired) electrons. The van der Waals surface area contributed by atoms with Crippen LogP contribution in [-0.2, 0) is 22.5 Å². The molecule has 5 heteroatoms.